The van der Waals surface area contributed by atoms with Crippen LogP contribution in [0.3, 0.4) is 0 Å². The van der Waals surface area contributed by atoms with Crippen molar-refractivity contribution >= 4 is 29.3 Å². The number of carbonyl (C=O) groups excluding carboxylic acids is 4. The number of aliphatic hydroxyl groups is 1. The zero-order valence-corrected chi connectivity index (χ0v) is 16.5. The summed E-state index contributed by atoms with van der Waals surface area (Å²) >= 11 is 0. The van der Waals surface area contributed by atoms with Gasteiger partial charge in [0.15, 0.2) is 5.76 Å². The van der Waals surface area contributed by atoms with Crippen LogP contribution in [0, 0.1) is 0 Å². The number of hydrogen-bond donors (Lipinski definition) is 1. The Bertz CT molecular complexity index is 1000. The van der Waals surface area contributed by atoms with Crippen LogP contribution in [0.2, 0.25) is 0 Å². The van der Waals surface area contributed by atoms with E-state index in [-0.39, 0.29) is 11.5 Å². The van der Waals surface area contributed by atoms with E-state index in [1.807, 2.05) is 0 Å². The van der Waals surface area contributed by atoms with Gasteiger partial charge < -0.3 is 28.8 Å². The van der Waals surface area contributed by atoms with Gasteiger partial charge in [-0.2, -0.15) is 0 Å². The first-order valence-electron chi connectivity index (χ1n) is 8.59. The Labute approximate surface area is 170 Å². The number of esters is 2. The van der Waals surface area contributed by atoms with Crippen molar-refractivity contribution < 1.29 is 48.0 Å². The van der Waals surface area contributed by atoms with Crippen LogP contribution >= 0.6 is 0 Å². The molecule has 2 aliphatic rings. The number of carbonyl (C=O) groups is 4. The van der Waals surface area contributed by atoms with E-state index in [2.05, 4.69) is 4.74 Å². The number of ether oxygens (including phenoxy) is 5. The maximum absolute atomic E-state index is 13.1. The van der Waals surface area contributed by atoms with Crippen molar-refractivity contribution in [3.05, 3.63) is 47.4 Å². The van der Waals surface area contributed by atoms with E-state index < -0.39 is 46.2 Å². The molecule has 10 nitrogen and oxygen atoms in total. The minimum absolute atomic E-state index is 0.0992. The lowest BCUT2D eigenvalue weighted by molar-refractivity contribution is -0.188. The fraction of sp³-hybridized carbons (Fsp3) is 0.300. The van der Waals surface area contributed by atoms with Crippen molar-refractivity contribution in [3.8, 4) is 5.75 Å². The Balaban J connectivity index is 2.06. The first-order valence-corrected chi connectivity index (χ1v) is 8.59. The van der Waals surface area contributed by atoms with Gasteiger partial charge in [0.05, 0.1) is 21.3 Å². The molecule has 2 atom stereocenters. The maximum Gasteiger partial charge on any atom is 0.351 e. The van der Waals surface area contributed by atoms with Gasteiger partial charge in [-0.1, -0.05) is 0 Å². The highest BCUT2D eigenvalue weighted by Gasteiger charge is 2.78. The minimum atomic E-state index is -2.91. The van der Waals surface area contributed by atoms with Crippen LogP contribution in [0.25, 0.3) is 5.76 Å². The summed E-state index contributed by atoms with van der Waals surface area (Å²) in [6.07, 6.45) is 0.971. The van der Waals surface area contributed by atoms with E-state index in [4.69, 9.17) is 18.9 Å². The molecule has 1 aromatic rings. The largest absolute Gasteiger partial charge is 0.493 e. The van der Waals surface area contributed by atoms with Gasteiger partial charge in [-0.25, -0.2) is 4.79 Å². The average Bonchev–Trinajstić information content (AvgIpc) is 3.16. The monoisotopic (exact) mass is 418 g/mol. The van der Waals surface area contributed by atoms with Gasteiger partial charge in [-0.3, -0.25) is 14.4 Å². The van der Waals surface area contributed by atoms with E-state index in [1.165, 1.54) is 31.2 Å². The molecule has 0 unspecified atom stereocenters. The van der Waals surface area contributed by atoms with Gasteiger partial charge in [0.1, 0.15) is 11.5 Å². The highest BCUT2D eigenvalue weighted by Crippen LogP contribution is 2.50. The van der Waals surface area contributed by atoms with E-state index in [0.29, 0.717) is 5.56 Å². The summed E-state index contributed by atoms with van der Waals surface area (Å²) in [5.74, 6) is -4.94. The Morgan fingerprint density at radius 3 is 2.17 bits per heavy atom. The van der Waals surface area contributed by atoms with Crippen LogP contribution in [0.5, 0.6) is 5.75 Å². The Morgan fingerprint density at radius 2 is 1.67 bits per heavy atom. The van der Waals surface area contributed by atoms with Crippen LogP contribution in [-0.4, -0.2) is 61.1 Å². The summed E-state index contributed by atoms with van der Waals surface area (Å²) in [5.41, 5.74) is -5.30. The van der Waals surface area contributed by atoms with Crippen LogP contribution < -0.4 is 4.74 Å². The third-order valence-electron chi connectivity index (χ3n) is 4.73. The molecule has 158 valence electrons. The second-order valence-electron chi connectivity index (χ2n) is 6.37. The minimum Gasteiger partial charge on any atom is -0.493 e. The first-order chi connectivity index (χ1) is 14.2. The Hall–Kier alpha value is -3.66. The molecule has 1 aliphatic carbocycles. The molecular formula is C20H18O10. The summed E-state index contributed by atoms with van der Waals surface area (Å²) in [6, 6.07) is 5.82. The molecule has 0 radical (unpaired) electrons. The molecular weight excluding hydrogens is 400 g/mol. The molecule has 3 rings (SSSR count). The third-order valence-corrected chi connectivity index (χ3v) is 4.73. The van der Waals surface area contributed by atoms with Crippen molar-refractivity contribution in [1.29, 1.82) is 0 Å². The SMILES string of the molecule is COC(=O)[C@@]1(O)C(OC)=C(OC)C(=O)[C@]12OC(c1ccc(OC(C)=O)cc1)=CC2=O. The molecule has 1 spiro atoms. The van der Waals surface area contributed by atoms with Gasteiger partial charge in [-0.15, -0.1) is 0 Å². The van der Waals surface area contributed by atoms with E-state index in [0.717, 1.165) is 27.4 Å². The molecule has 0 saturated heterocycles. The van der Waals surface area contributed by atoms with Crippen molar-refractivity contribution in [2.45, 2.75) is 18.1 Å². The van der Waals surface area contributed by atoms with Crippen molar-refractivity contribution in [2.75, 3.05) is 21.3 Å². The second kappa shape index (κ2) is 7.30. The van der Waals surface area contributed by atoms with Crippen LogP contribution in [0.4, 0.5) is 0 Å². The lowest BCUT2D eigenvalue weighted by Gasteiger charge is -2.34. The summed E-state index contributed by atoms with van der Waals surface area (Å²) in [6.45, 7) is 1.24. The van der Waals surface area contributed by atoms with Crippen LogP contribution in [-0.2, 0) is 38.1 Å². The smallest absolute Gasteiger partial charge is 0.351 e. The number of benzene rings is 1. The fourth-order valence-electron chi connectivity index (χ4n) is 3.43. The normalized spacial score (nSPS) is 25.2. The number of hydrogen-bond acceptors (Lipinski definition) is 10. The lowest BCUT2D eigenvalue weighted by atomic mass is 9.81. The zero-order valence-electron chi connectivity index (χ0n) is 16.5. The Kier molecular flexibility index (Phi) is 5.13. The zero-order chi connectivity index (χ0) is 22.3. The molecule has 0 amide bonds. The van der Waals surface area contributed by atoms with Crippen LogP contribution in [0.1, 0.15) is 12.5 Å². The molecule has 0 bridgehead atoms. The number of Topliss-reactive ketones (excluding diaryl/α,β-unsaturated/α-hetero) is 1. The molecule has 1 aliphatic heterocycles. The fourth-order valence-corrected chi connectivity index (χ4v) is 3.43. The molecule has 1 N–H and O–H groups in total. The highest BCUT2D eigenvalue weighted by molar-refractivity contribution is 6.30. The standard InChI is InChI=1S/C20H18O10/c1-10(21)29-12-7-5-11(6-8-12)13-9-14(22)20(30-13)16(23)15(26-2)17(27-3)19(20,25)18(24)28-4/h5-9,25H,1-4H3/t19-,20-/m0/s1. The molecule has 10 heteroatoms. The average molecular weight is 418 g/mol. The molecule has 1 aromatic carbocycles. The number of ketones is 2. The Morgan fingerprint density at radius 1 is 1.03 bits per heavy atom. The molecule has 1 heterocycles. The first kappa shape index (κ1) is 21.1. The highest BCUT2D eigenvalue weighted by atomic mass is 16.6. The van der Waals surface area contributed by atoms with Crippen molar-refractivity contribution in [2.24, 2.45) is 0 Å². The molecule has 0 saturated carbocycles. The van der Waals surface area contributed by atoms with Crippen molar-refractivity contribution in [1.82, 2.24) is 0 Å². The quantitative estimate of drug-likeness (QED) is 0.404. The summed E-state index contributed by atoms with van der Waals surface area (Å²) in [7, 11) is 3.18. The second-order valence-corrected chi connectivity index (χ2v) is 6.37. The van der Waals surface area contributed by atoms with Gasteiger partial charge in [0.25, 0.3) is 17.0 Å². The summed E-state index contributed by atoms with van der Waals surface area (Å²) in [5, 5.41) is 11.2. The molecule has 0 aromatic heterocycles. The predicted octanol–water partition coefficient (Wildman–Crippen LogP) is 0.282. The number of methoxy groups -OCH3 is 3. The van der Waals surface area contributed by atoms with Crippen molar-refractivity contribution in [3.63, 3.8) is 0 Å². The molecule has 30 heavy (non-hydrogen) atoms. The van der Waals surface area contributed by atoms with Gasteiger partial charge in [0, 0.05) is 18.6 Å². The van der Waals surface area contributed by atoms with Crippen LogP contribution in [0.15, 0.2) is 41.9 Å². The van der Waals surface area contributed by atoms with Gasteiger partial charge in [0.2, 0.25) is 11.5 Å². The summed E-state index contributed by atoms with van der Waals surface area (Å²) in [4.78, 5) is 49.6. The topological polar surface area (TPSA) is 135 Å². The predicted molar refractivity (Wildman–Crippen MR) is 97.6 cm³/mol. The summed E-state index contributed by atoms with van der Waals surface area (Å²) < 4.78 is 25.2. The lowest BCUT2D eigenvalue weighted by Crippen LogP contribution is -2.65. The molecule has 0 fully saturated rings. The van der Waals surface area contributed by atoms with E-state index >= 15 is 0 Å². The van der Waals surface area contributed by atoms with Gasteiger partial charge in [-0.05, 0) is 24.3 Å². The van der Waals surface area contributed by atoms with E-state index in [1.54, 1.807) is 0 Å². The maximum atomic E-state index is 13.1. The third kappa shape index (κ3) is 2.68. The van der Waals surface area contributed by atoms with Gasteiger partial charge >= 0.3 is 11.9 Å². The number of rotatable bonds is 5. The van der Waals surface area contributed by atoms with E-state index in [9.17, 15) is 24.3 Å².